The Morgan fingerprint density at radius 1 is 1.31 bits per heavy atom. The lowest BCUT2D eigenvalue weighted by Crippen LogP contribution is -2.09. The Hall–Kier alpha value is -1.52. The molecule has 13 heavy (non-hydrogen) atoms. The van der Waals surface area contributed by atoms with E-state index in [0.717, 1.165) is 6.08 Å². The molecule has 5 nitrogen and oxygen atoms in total. The fourth-order valence-electron chi connectivity index (χ4n) is 0.505. The first-order valence-corrected chi connectivity index (χ1v) is 3.70. The third-order valence-electron chi connectivity index (χ3n) is 1.09. The Kier molecular flexibility index (Phi) is 6.31. The van der Waals surface area contributed by atoms with E-state index in [-0.39, 0.29) is 13.2 Å². The van der Waals surface area contributed by atoms with Crippen LogP contribution in [0.25, 0.3) is 0 Å². The van der Waals surface area contributed by atoms with Crippen molar-refractivity contribution in [2.24, 2.45) is 0 Å². The van der Waals surface area contributed by atoms with E-state index in [1.807, 2.05) is 0 Å². The molecular weight excluding hydrogens is 176 g/mol. The number of esters is 1. The van der Waals surface area contributed by atoms with Crippen LogP contribution >= 0.6 is 0 Å². The lowest BCUT2D eigenvalue weighted by Gasteiger charge is -2.02. The van der Waals surface area contributed by atoms with Gasteiger partial charge in [0.1, 0.15) is 0 Å². The van der Waals surface area contributed by atoms with Gasteiger partial charge in [-0.15, -0.1) is 0 Å². The summed E-state index contributed by atoms with van der Waals surface area (Å²) in [5.74, 6) is -0.488. The highest BCUT2D eigenvalue weighted by Gasteiger charge is 2.00. The largest absolute Gasteiger partial charge is 0.507 e. The van der Waals surface area contributed by atoms with Crippen LogP contribution in [0.15, 0.2) is 12.7 Å². The van der Waals surface area contributed by atoms with Crippen molar-refractivity contribution >= 4 is 12.1 Å². The van der Waals surface area contributed by atoms with Crippen LogP contribution in [0.5, 0.6) is 0 Å². The number of carbonyl (C=O) groups excluding carboxylic acids is 2. The summed E-state index contributed by atoms with van der Waals surface area (Å²) in [6, 6.07) is 0. The molecule has 0 radical (unpaired) electrons. The van der Waals surface area contributed by atoms with E-state index in [1.54, 1.807) is 0 Å². The number of methoxy groups -OCH3 is 1. The van der Waals surface area contributed by atoms with E-state index in [1.165, 1.54) is 7.11 Å². The summed E-state index contributed by atoms with van der Waals surface area (Å²) in [4.78, 5) is 20.9. The molecule has 0 aliphatic rings. The fraction of sp³-hybridized carbons (Fsp3) is 0.500. The second kappa shape index (κ2) is 7.15. The minimum Gasteiger partial charge on any atom is -0.462 e. The zero-order valence-corrected chi connectivity index (χ0v) is 7.45. The Morgan fingerprint density at radius 3 is 2.46 bits per heavy atom. The standard InChI is InChI=1S/C8H12O5/c1-3-7(9)12-5-4-6-13-8(10)11-2/h3H,1,4-6H2,2H3. The molecule has 0 aromatic rings. The van der Waals surface area contributed by atoms with E-state index in [2.05, 4.69) is 20.8 Å². The summed E-state index contributed by atoms with van der Waals surface area (Å²) < 4.78 is 13.4. The van der Waals surface area contributed by atoms with Crippen LogP contribution in [0.2, 0.25) is 0 Å². The molecule has 0 saturated carbocycles. The highest BCUT2D eigenvalue weighted by molar-refractivity contribution is 5.81. The van der Waals surface area contributed by atoms with Gasteiger partial charge in [0.25, 0.3) is 0 Å². The van der Waals surface area contributed by atoms with Gasteiger partial charge < -0.3 is 14.2 Å². The van der Waals surface area contributed by atoms with Crippen LogP contribution < -0.4 is 0 Å². The fourth-order valence-corrected chi connectivity index (χ4v) is 0.505. The molecule has 0 rings (SSSR count). The molecule has 0 bridgehead atoms. The van der Waals surface area contributed by atoms with E-state index < -0.39 is 12.1 Å². The molecule has 0 aromatic heterocycles. The van der Waals surface area contributed by atoms with Crippen LogP contribution in [-0.4, -0.2) is 32.4 Å². The van der Waals surface area contributed by atoms with Crippen molar-refractivity contribution in [3.8, 4) is 0 Å². The van der Waals surface area contributed by atoms with Gasteiger partial charge in [0.2, 0.25) is 0 Å². The normalized spacial score (nSPS) is 8.69. The smallest absolute Gasteiger partial charge is 0.462 e. The molecule has 0 N–H and O–H groups in total. The molecule has 0 aliphatic heterocycles. The Bertz CT molecular complexity index is 187. The molecule has 0 amide bonds. The monoisotopic (exact) mass is 188 g/mol. The Morgan fingerprint density at radius 2 is 1.92 bits per heavy atom. The molecule has 0 heterocycles. The molecule has 0 spiro atoms. The van der Waals surface area contributed by atoms with E-state index in [4.69, 9.17) is 0 Å². The highest BCUT2D eigenvalue weighted by atomic mass is 16.7. The minimum absolute atomic E-state index is 0.164. The van der Waals surface area contributed by atoms with Crippen molar-refractivity contribution < 1.29 is 23.8 Å². The quantitative estimate of drug-likeness (QED) is 0.364. The molecular formula is C8H12O5. The predicted molar refractivity (Wildman–Crippen MR) is 44.1 cm³/mol. The summed E-state index contributed by atoms with van der Waals surface area (Å²) in [7, 11) is 1.22. The van der Waals surface area contributed by atoms with E-state index in [0.29, 0.717) is 6.42 Å². The summed E-state index contributed by atoms with van der Waals surface area (Å²) in [6.07, 6.45) is 0.769. The molecule has 5 heteroatoms. The summed E-state index contributed by atoms with van der Waals surface area (Å²) in [5.41, 5.74) is 0. The third-order valence-corrected chi connectivity index (χ3v) is 1.09. The first-order valence-electron chi connectivity index (χ1n) is 3.70. The summed E-state index contributed by atoms with van der Waals surface area (Å²) in [6.45, 7) is 3.58. The van der Waals surface area contributed by atoms with E-state index in [9.17, 15) is 9.59 Å². The van der Waals surface area contributed by atoms with Crippen LogP contribution in [0, 0.1) is 0 Å². The maximum Gasteiger partial charge on any atom is 0.507 e. The summed E-state index contributed by atoms with van der Waals surface area (Å²) >= 11 is 0. The van der Waals surface area contributed by atoms with Gasteiger partial charge in [0, 0.05) is 12.5 Å². The van der Waals surface area contributed by atoms with Crippen molar-refractivity contribution in [2.75, 3.05) is 20.3 Å². The van der Waals surface area contributed by atoms with Crippen molar-refractivity contribution in [1.29, 1.82) is 0 Å². The van der Waals surface area contributed by atoms with Gasteiger partial charge in [-0.1, -0.05) is 6.58 Å². The molecule has 0 aliphatic carbocycles. The average molecular weight is 188 g/mol. The van der Waals surface area contributed by atoms with Crippen molar-refractivity contribution in [3.05, 3.63) is 12.7 Å². The SMILES string of the molecule is C=CC(=O)OCCCOC(=O)OC. The Labute approximate surface area is 76.3 Å². The second-order valence-corrected chi connectivity index (χ2v) is 2.03. The minimum atomic E-state index is -0.741. The average Bonchev–Trinajstić information content (AvgIpc) is 2.16. The number of hydrogen-bond donors (Lipinski definition) is 0. The van der Waals surface area contributed by atoms with Crippen LogP contribution in [0.1, 0.15) is 6.42 Å². The zero-order valence-electron chi connectivity index (χ0n) is 7.45. The lowest BCUT2D eigenvalue weighted by atomic mass is 10.5. The zero-order chi connectivity index (χ0) is 10.1. The number of hydrogen-bond acceptors (Lipinski definition) is 5. The number of rotatable bonds is 5. The molecule has 0 fully saturated rings. The highest BCUT2D eigenvalue weighted by Crippen LogP contribution is 1.88. The molecule has 0 saturated heterocycles. The first-order chi connectivity index (χ1) is 6.20. The van der Waals surface area contributed by atoms with Crippen molar-refractivity contribution in [1.82, 2.24) is 0 Å². The molecule has 0 atom stereocenters. The maximum absolute atomic E-state index is 10.5. The first kappa shape index (κ1) is 11.5. The van der Waals surface area contributed by atoms with Gasteiger partial charge in [-0.2, -0.15) is 0 Å². The molecule has 74 valence electrons. The maximum atomic E-state index is 10.5. The molecule has 0 aromatic carbocycles. The van der Waals surface area contributed by atoms with Gasteiger partial charge in [-0.3, -0.25) is 0 Å². The topological polar surface area (TPSA) is 61.8 Å². The van der Waals surface area contributed by atoms with Crippen LogP contribution in [0.4, 0.5) is 4.79 Å². The van der Waals surface area contributed by atoms with Gasteiger partial charge in [-0.05, 0) is 0 Å². The van der Waals surface area contributed by atoms with Gasteiger partial charge >= 0.3 is 12.1 Å². The summed E-state index contributed by atoms with van der Waals surface area (Å²) in [5, 5.41) is 0. The van der Waals surface area contributed by atoms with Crippen molar-refractivity contribution in [3.63, 3.8) is 0 Å². The predicted octanol–water partition coefficient (Wildman–Crippen LogP) is 0.889. The Balaban J connectivity index is 3.21. The van der Waals surface area contributed by atoms with Gasteiger partial charge in [0.05, 0.1) is 20.3 Å². The van der Waals surface area contributed by atoms with Gasteiger partial charge in [0.15, 0.2) is 0 Å². The van der Waals surface area contributed by atoms with Crippen molar-refractivity contribution in [2.45, 2.75) is 6.42 Å². The number of carbonyl (C=O) groups is 2. The van der Waals surface area contributed by atoms with E-state index >= 15 is 0 Å². The van der Waals surface area contributed by atoms with Crippen LogP contribution in [-0.2, 0) is 19.0 Å². The lowest BCUT2D eigenvalue weighted by molar-refractivity contribution is -0.138. The van der Waals surface area contributed by atoms with Gasteiger partial charge in [-0.25, -0.2) is 9.59 Å². The molecule has 0 unspecified atom stereocenters. The van der Waals surface area contributed by atoms with Crippen LogP contribution in [0.3, 0.4) is 0 Å². The second-order valence-electron chi connectivity index (χ2n) is 2.03. The number of ether oxygens (including phenoxy) is 3. The third kappa shape index (κ3) is 6.86.